The summed E-state index contributed by atoms with van der Waals surface area (Å²) in [7, 11) is 1.11. The normalized spacial score (nSPS) is 13.3. The SMILES string of the molecule is COC(=O)[C@H](NC(=O)CNC(=O)[C@H](Cc1ccc(OCc2ccccc2)cc1)NC(=O)[C@@H](COCc1ccccc1)NC(=O)OC(C)(C)C)[C@@H](C)O. The summed E-state index contributed by atoms with van der Waals surface area (Å²) in [5, 5.41) is 19.9. The molecular formula is C38H48N4O10. The minimum Gasteiger partial charge on any atom is -0.489 e. The lowest BCUT2D eigenvalue weighted by Crippen LogP contribution is -2.57. The molecule has 0 aliphatic heterocycles. The largest absolute Gasteiger partial charge is 0.489 e. The van der Waals surface area contributed by atoms with Crippen molar-refractivity contribution in [3.8, 4) is 5.75 Å². The number of nitrogens with one attached hydrogen (secondary N) is 4. The topological polar surface area (TPSA) is 191 Å². The summed E-state index contributed by atoms with van der Waals surface area (Å²) in [6.07, 6.45) is -2.14. The zero-order valence-corrected chi connectivity index (χ0v) is 30.0. The third-order valence-corrected chi connectivity index (χ3v) is 7.33. The molecule has 4 amide bonds. The van der Waals surface area contributed by atoms with Gasteiger partial charge in [-0.25, -0.2) is 9.59 Å². The molecule has 4 atom stereocenters. The minimum atomic E-state index is -1.36. The summed E-state index contributed by atoms with van der Waals surface area (Å²) in [5.74, 6) is -2.54. The Hall–Kier alpha value is -5.47. The maximum absolute atomic E-state index is 13.7. The van der Waals surface area contributed by atoms with Gasteiger partial charge in [-0.2, -0.15) is 0 Å². The minimum absolute atomic E-state index is 0.0132. The molecule has 0 radical (unpaired) electrons. The molecule has 52 heavy (non-hydrogen) atoms. The van der Waals surface area contributed by atoms with Crippen LogP contribution < -0.4 is 26.0 Å². The van der Waals surface area contributed by atoms with Crippen LogP contribution in [-0.2, 0) is 53.0 Å². The Morgan fingerprint density at radius 3 is 1.88 bits per heavy atom. The van der Waals surface area contributed by atoms with Crippen molar-refractivity contribution in [1.29, 1.82) is 0 Å². The first-order valence-corrected chi connectivity index (χ1v) is 16.7. The molecule has 0 aliphatic carbocycles. The number of benzene rings is 3. The van der Waals surface area contributed by atoms with E-state index in [0.29, 0.717) is 17.9 Å². The number of aliphatic hydroxyl groups excluding tert-OH is 1. The molecule has 280 valence electrons. The lowest BCUT2D eigenvalue weighted by molar-refractivity contribution is -0.148. The molecule has 5 N–H and O–H groups in total. The predicted molar refractivity (Wildman–Crippen MR) is 191 cm³/mol. The number of ether oxygens (including phenoxy) is 4. The number of amides is 4. The van der Waals surface area contributed by atoms with Gasteiger partial charge in [0.2, 0.25) is 17.7 Å². The van der Waals surface area contributed by atoms with Crippen LogP contribution in [-0.4, -0.2) is 85.0 Å². The second kappa shape index (κ2) is 20.4. The van der Waals surface area contributed by atoms with E-state index < -0.39 is 66.2 Å². The van der Waals surface area contributed by atoms with Crippen molar-refractivity contribution in [1.82, 2.24) is 21.3 Å². The van der Waals surface area contributed by atoms with Gasteiger partial charge in [0.15, 0.2) is 6.04 Å². The molecule has 0 fully saturated rings. The van der Waals surface area contributed by atoms with Gasteiger partial charge >= 0.3 is 12.1 Å². The van der Waals surface area contributed by atoms with E-state index in [1.54, 1.807) is 45.0 Å². The number of esters is 1. The lowest BCUT2D eigenvalue weighted by Gasteiger charge is -2.25. The number of hydrogen-bond acceptors (Lipinski definition) is 10. The van der Waals surface area contributed by atoms with Gasteiger partial charge in [0.25, 0.3) is 0 Å². The molecule has 0 aromatic heterocycles. The summed E-state index contributed by atoms with van der Waals surface area (Å²) >= 11 is 0. The maximum atomic E-state index is 13.7. The number of hydrogen-bond donors (Lipinski definition) is 5. The van der Waals surface area contributed by atoms with Gasteiger partial charge < -0.3 is 45.3 Å². The fourth-order valence-electron chi connectivity index (χ4n) is 4.70. The second-order valence-electron chi connectivity index (χ2n) is 12.9. The highest BCUT2D eigenvalue weighted by Crippen LogP contribution is 2.16. The molecule has 0 saturated carbocycles. The van der Waals surface area contributed by atoms with Crippen molar-refractivity contribution < 1.29 is 48.0 Å². The van der Waals surface area contributed by atoms with Crippen molar-refractivity contribution in [2.45, 2.75) is 77.2 Å². The van der Waals surface area contributed by atoms with Crippen molar-refractivity contribution in [3.63, 3.8) is 0 Å². The number of carbonyl (C=O) groups excluding carboxylic acids is 5. The molecule has 14 nitrogen and oxygen atoms in total. The van der Waals surface area contributed by atoms with Crippen LogP contribution in [0.2, 0.25) is 0 Å². The molecule has 3 aromatic carbocycles. The van der Waals surface area contributed by atoms with Crippen molar-refractivity contribution >= 4 is 29.8 Å². The smallest absolute Gasteiger partial charge is 0.408 e. The third-order valence-electron chi connectivity index (χ3n) is 7.33. The molecule has 0 bridgehead atoms. The zero-order chi connectivity index (χ0) is 38.1. The zero-order valence-electron chi connectivity index (χ0n) is 30.0. The van der Waals surface area contributed by atoms with E-state index in [1.807, 2.05) is 60.7 Å². The van der Waals surface area contributed by atoms with E-state index in [-0.39, 0.29) is 19.6 Å². The molecule has 14 heteroatoms. The van der Waals surface area contributed by atoms with E-state index in [1.165, 1.54) is 6.92 Å². The van der Waals surface area contributed by atoms with Gasteiger partial charge in [-0.05, 0) is 56.5 Å². The fourth-order valence-corrected chi connectivity index (χ4v) is 4.70. The van der Waals surface area contributed by atoms with Gasteiger partial charge in [-0.15, -0.1) is 0 Å². The summed E-state index contributed by atoms with van der Waals surface area (Å²) in [6.45, 7) is 6.00. The fraction of sp³-hybridized carbons (Fsp3) is 0.395. The van der Waals surface area contributed by atoms with Crippen LogP contribution in [0.5, 0.6) is 5.75 Å². The van der Waals surface area contributed by atoms with E-state index in [9.17, 15) is 29.1 Å². The van der Waals surface area contributed by atoms with Gasteiger partial charge in [0.1, 0.15) is 30.0 Å². The highest BCUT2D eigenvalue weighted by atomic mass is 16.6. The molecule has 0 heterocycles. The molecule has 0 aliphatic rings. The van der Waals surface area contributed by atoms with E-state index >= 15 is 0 Å². The number of alkyl carbamates (subject to hydrolysis) is 1. The Bertz CT molecular complexity index is 1600. The molecule has 3 aromatic rings. The van der Waals surface area contributed by atoms with Crippen LogP contribution in [0.25, 0.3) is 0 Å². The first-order chi connectivity index (χ1) is 24.7. The Balaban J connectivity index is 1.77. The van der Waals surface area contributed by atoms with Gasteiger partial charge in [-0.1, -0.05) is 72.8 Å². The Morgan fingerprint density at radius 2 is 1.33 bits per heavy atom. The highest BCUT2D eigenvalue weighted by molar-refractivity contribution is 5.93. The van der Waals surface area contributed by atoms with Crippen LogP contribution >= 0.6 is 0 Å². The number of methoxy groups -OCH3 is 1. The van der Waals surface area contributed by atoms with Crippen molar-refractivity contribution in [2.24, 2.45) is 0 Å². The molecular weight excluding hydrogens is 672 g/mol. The average Bonchev–Trinajstić information content (AvgIpc) is 3.11. The number of carbonyl (C=O) groups is 5. The van der Waals surface area contributed by atoms with Gasteiger partial charge in [-0.3, -0.25) is 14.4 Å². The first-order valence-electron chi connectivity index (χ1n) is 16.7. The maximum Gasteiger partial charge on any atom is 0.408 e. The van der Waals surface area contributed by atoms with Crippen LogP contribution in [0.3, 0.4) is 0 Å². The Labute approximate surface area is 303 Å². The Morgan fingerprint density at radius 1 is 0.731 bits per heavy atom. The summed E-state index contributed by atoms with van der Waals surface area (Å²) in [6, 6.07) is 21.9. The van der Waals surface area contributed by atoms with Gasteiger partial charge in [0.05, 0.1) is 33.0 Å². The van der Waals surface area contributed by atoms with Gasteiger partial charge in [0, 0.05) is 6.42 Å². The quantitative estimate of drug-likeness (QED) is 0.122. The predicted octanol–water partition coefficient (Wildman–Crippen LogP) is 2.56. The third kappa shape index (κ3) is 14.8. The number of rotatable bonds is 18. The molecule has 0 unspecified atom stereocenters. The first kappa shape index (κ1) is 41.0. The van der Waals surface area contributed by atoms with Crippen LogP contribution in [0, 0.1) is 0 Å². The summed E-state index contributed by atoms with van der Waals surface area (Å²) in [5.41, 5.74) is 1.63. The Kier molecular flexibility index (Phi) is 16.1. The van der Waals surface area contributed by atoms with Crippen molar-refractivity contribution in [3.05, 3.63) is 102 Å². The van der Waals surface area contributed by atoms with E-state index in [4.69, 9.17) is 14.2 Å². The molecule has 3 rings (SSSR count). The van der Waals surface area contributed by atoms with Crippen LogP contribution in [0.4, 0.5) is 4.79 Å². The van der Waals surface area contributed by atoms with Crippen LogP contribution in [0.15, 0.2) is 84.9 Å². The molecule has 0 spiro atoms. The summed E-state index contributed by atoms with van der Waals surface area (Å²) < 4.78 is 21.6. The second-order valence-corrected chi connectivity index (χ2v) is 12.9. The van der Waals surface area contributed by atoms with Crippen molar-refractivity contribution in [2.75, 3.05) is 20.3 Å². The van der Waals surface area contributed by atoms with E-state index in [0.717, 1.165) is 18.2 Å². The summed E-state index contributed by atoms with van der Waals surface area (Å²) in [4.78, 5) is 64.6. The highest BCUT2D eigenvalue weighted by Gasteiger charge is 2.30. The lowest BCUT2D eigenvalue weighted by atomic mass is 10.0. The van der Waals surface area contributed by atoms with Crippen LogP contribution in [0.1, 0.15) is 44.4 Å². The monoisotopic (exact) mass is 720 g/mol. The molecule has 0 saturated heterocycles. The number of aliphatic hydroxyl groups is 1. The standard InChI is InChI=1S/C38H48N4O10/c1-25(43)33(36(47)49-5)42-32(44)21-39-34(45)30(20-26-16-18-29(19-17-26)51-23-28-14-10-7-11-15-28)40-35(46)31(41-37(48)52-38(2,3)4)24-50-22-27-12-8-6-9-13-27/h6-19,25,30-31,33,43H,20-24H2,1-5H3,(H,39,45)(H,40,46)(H,41,48)(H,42,44)/t25-,30+,31-,33-/m1/s1. The van der Waals surface area contributed by atoms with E-state index in [2.05, 4.69) is 26.0 Å². The average molecular weight is 721 g/mol.